The summed E-state index contributed by atoms with van der Waals surface area (Å²) in [4.78, 5) is 38.1. The second kappa shape index (κ2) is 7.69. The first-order valence-corrected chi connectivity index (χ1v) is 8.86. The highest BCUT2D eigenvalue weighted by Crippen LogP contribution is 2.33. The number of carbonyl (C=O) groups excluding carboxylic acids is 2. The molecule has 2 fully saturated rings. The molecule has 2 heterocycles. The third-order valence-corrected chi connectivity index (χ3v) is 5.05. The number of nitrogens with zero attached hydrogens (tertiary/aromatic N) is 2. The van der Waals surface area contributed by atoms with Gasteiger partial charge < -0.3 is 20.2 Å². The Bertz CT molecular complexity index is 784. The second-order valence-corrected chi connectivity index (χ2v) is 7.05. The van der Waals surface area contributed by atoms with E-state index in [4.69, 9.17) is 5.11 Å². The summed E-state index contributed by atoms with van der Waals surface area (Å²) in [6.45, 7) is 0.329. The van der Waals surface area contributed by atoms with Gasteiger partial charge in [0.15, 0.2) is 0 Å². The number of carboxylic acids is 1. The number of hydrogen-bond donors (Lipinski definition) is 2. The van der Waals surface area contributed by atoms with Crippen molar-refractivity contribution in [2.24, 2.45) is 5.92 Å². The largest absolute Gasteiger partial charge is 0.481 e. The van der Waals surface area contributed by atoms with Gasteiger partial charge >= 0.3 is 18.2 Å². The fourth-order valence-electron chi connectivity index (χ4n) is 3.57. The Morgan fingerprint density at radius 1 is 1.21 bits per heavy atom. The molecule has 0 aliphatic carbocycles. The molecule has 0 radical (unpaired) electrons. The average Bonchev–Trinajstić information content (AvgIpc) is 3.22. The smallest absolute Gasteiger partial charge is 0.416 e. The predicted molar refractivity (Wildman–Crippen MR) is 91.1 cm³/mol. The van der Waals surface area contributed by atoms with Crippen LogP contribution in [0.3, 0.4) is 0 Å². The highest BCUT2D eigenvalue weighted by atomic mass is 19.4. The zero-order valence-corrected chi connectivity index (χ0v) is 14.9. The number of carboxylic acid groups (broad SMARTS) is 1. The molecule has 7 nitrogen and oxygen atoms in total. The van der Waals surface area contributed by atoms with Crippen molar-refractivity contribution in [3.05, 3.63) is 35.4 Å². The summed E-state index contributed by atoms with van der Waals surface area (Å²) < 4.78 is 39.4. The highest BCUT2D eigenvalue weighted by Gasteiger charge is 2.37. The number of aliphatic carboxylic acids is 1. The van der Waals surface area contributed by atoms with Gasteiger partial charge in [0, 0.05) is 32.6 Å². The third-order valence-electron chi connectivity index (χ3n) is 5.05. The highest BCUT2D eigenvalue weighted by molar-refractivity contribution is 5.82. The van der Waals surface area contributed by atoms with E-state index in [9.17, 15) is 27.6 Å². The van der Waals surface area contributed by atoms with Crippen LogP contribution in [0.4, 0.5) is 18.0 Å². The first-order chi connectivity index (χ1) is 13.1. The maximum absolute atomic E-state index is 13.1. The van der Waals surface area contributed by atoms with Crippen molar-refractivity contribution < 1.29 is 32.7 Å². The molecule has 2 atom stereocenters. The molecule has 2 aliphatic heterocycles. The lowest BCUT2D eigenvalue weighted by atomic mass is 10.1. The summed E-state index contributed by atoms with van der Waals surface area (Å²) in [5.41, 5.74) is -0.786. The van der Waals surface area contributed by atoms with Crippen LogP contribution in [0.25, 0.3) is 0 Å². The molecule has 1 aromatic carbocycles. The lowest BCUT2D eigenvalue weighted by Gasteiger charge is -2.22. The number of nitrogens with one attached hydrogen (secondary N) is 1. The van der Waals surface area contributed by atoms with Crippen molar-refractivity contribution >= 4 is 17.9 Å². The van der Waals surface area contributed by atoms with Gasteiger partial charge in [-0.05, 0) is 18.1 Å². The van der Waals surface area contributed by atoms with Gasteiger partial charge in [-0.15, -0.1) is 0 Å². The molecule has 10 heteroatoms. The fourth-order valence-corrected chi connectivity index (χ4v) is 3.57. The molecule has 3 amide bonds. The van der Waals surface area contributed by atoms with Gasteiger partial charge in [0.1, 0.15) is 0 Å². The zero-order valence-electron chi connectivity index (χ0n) is 14.9. The maximum atomic E-state index is 13.1. The molecule has 2 unspecified atom stereocenters. The molecule has 28 heavy (non-hydrogen) atoms. The molecule has 2 aliphatic rings. The number of alkyl halides is 3. The number of hydrogen-bond acceptors (Lipinski definition) is 3. The number of halogens is 3. The van der Waals surface area contributed by atoms with E-state index >= 15 is 0 Å². The predicted octanol–water partition coefficient (Wildman–Crippen LogP) is 1.92. The number of likely N-dealkylation sites (tertiary alicyclic amines) is 2. The molecule has 1 aromatic rings. The van der Waals surface area contributed by atoms with Gasteiger partial charge in [-0.2, -0.15) is 13.2 Å². The van der Waals surface area contributed by atoms with Crippen molar-refractivity contribution in [2.45, 2.75) is 31.6 Å². The van der Waals surface area contributed by atoms with E-state index in [0.717, 1.165) is 6.07 Å². The maximum Gasteiger partial charge on any atom is 0.416 e. The van der Waals surface area contributed by atoms with Crippen LogP contribution in [0.2, 0.25) is 0 Å². The fraction of sp³-hybridized carbons (Fsp3) is 0.500. The summed E-state index contributed by atoms with van der Waals surface area (Å²) in [5, 5.41) is 11.7. The summed E-state index contributed by atoms with van der Waals surface area (Å²) in [6, 6.07) is 4.10. The first kappa shape index (κ1) is 20.0. The van der Waals surface area contributed by atoms with Crippen molar-refractivity contribution in [1.82, 2.24) is 15.1 Å². The number of amides is 3. The Hall–Kier alpha value is -2.78. The summed E-state index contributed by atoms with van der Waals surface area (Å²) in [7, 11) is 0. The van der Waals surface area contributed by atoms with Gasteiger partial charge in [0.2, 0.25) is 5.91 Å². The van der Waals surface area contributed by atoms with Crippen LogP contribution in [0.5, 0.6) is 0 Å². The van der Waals surface area contributed by atoms with E-state index in [1.54, 1.807) is 0 Å². The van der Waals surface area contributed by atoms with Gasteiger partial charge in [0.25, 0.3) is 0 Å². The SMILES string of the molecule is O=C(O)C1CCN(C(=O)NC2CC(=O)N(Cc3ccccc3C(F)(F)F)C2)C1. The Morgan fingerprint density at radius 2 is 1.93 bits per heavy atom. The number of rotatable bonds is 4. The molecule has 152 valence electrons. The van der Waals surface area contributed by atoms with E-state index in [2.05, 4.69) is 5.32 Å². The molecule has 3 rings (SSSR count). The summed E-state index contributed by atoms with van der Waals surface area (Å²) in [5.74, 6) is -1.90. The van der Waals surface area contributed by atoms with Crippen LogP contribution in [0.15, 0.2) is 24.3 Å². The quantitative estimate of drug-likeness (QED) is 0.810. The Kier molecular flexibility index (Phi) is 5.48. The Labute approximate surface area is 159 Å². The number of benzene rings is 1. The van der Waals surface area contributed by atoms with Gasteiger partial charge in [-0.25, -0.2) is 4.79 Å². The molecular formula is C18H20F3N3O4. The minimum Gasteiger partial charge on any atom is -0.481 e. The van der Waals surface area contributed by atoms with Crippen LogP contribution < -0.4 is 5.32 Å². The minimum absolute atomic E-state index is 0.000769. The van der Waals surface area contributed by atoms with Crippen LogP contribution in [0.1, 0.15) is 24.0 Å². The molecule has 0 saturated carbocycles. The normalized spacial score (nSPS) is 22.6. The lowest BCUT2D eigenvalue weighted by Crippen LogP contribution is -2.45. The standard InChI is InChI=1S/C18H20F3N3O4/c19-18(20,21)14-4-2-1-3-11(14)8-24-10-13(7-15(24)25)22-17(28)23-6-5-12(9-23)16(26)27/h1-4,12-13H,5-10H2,(H,22,28)(H,26,27). The van der Waals surface area contributed by atoms with E-state index in [1.165, 1.54) is 28.0 Å². The summed E-state index contributed by atoms with van der Waals surface area (Å²) in [6.07, 6.45) is -4.15. The topological polar surface area (TPSA) is 90.0 Å². The lowest BCUT2D eigenvalue weighted by molar-refractivity contribution is -0.141. The monoisotopic (exact) mass is 399 g/mol. The Balaban J connectivity index is 1.59. The van der Waals surface area contributed by atoms with Crippen molar-refractivity contribution in [3.63, 3.8) is 0 Å². The number of urea groups is 1. The van der Waals surface area contributed by atoms with Crippen LogP contribution in [0, 0.1) is 5.92 Å². The van der Waals surface area contributed by atoms with Crippen molar-refractivity contribution in [2.75, 3.05) is 19.6 Å². The van der Waals surface area contributed by atoms with Crippen LogP contribution >= 0.6 is 0 Å². The average molecular weight is 399 g/mol. The summed E-state index contributed by atoms with van der Waals surface area (Å²) >= 11 is 0. The van der Waals surface area contributed by atoms with E-state index in [1.807, 2.05) is 0 Å². The van der Waals surface area contributed by atoms with E-state index < -0.39 is 35.7 Å². The van der Waals surface area contributed by atoms with Crippen LogP contribution in [-0.2, 0) is 22.3 Å². The molecule has 0 bridgehead atoms. The molecule has 2 saturated heterocycles. The van der Waals surface area contributed by atoms with Crippen molar-refractivity contribution in [1.29, 1.82) is 0 Å². The van der Waals surface area contributed by atoms with Crippen molar-refractivity contribution in [3.8, 4) is 0 Å². The van der Waals surface area contributed by atoms with E-state index in [0.29, 0.717) is 13.0 Å². The van der Waals surface area contributed by atoms with E-state index in [-0.39, 0.29) is 37.5 Å². The Morgan fingerprint density at radius 3 is 2.57 bits per heavy atom. The second-order valence-electron chi connectivity index (χ2n) is 7.05. The third kappa shape index (κ3) is 4.37. The molecular weight excluding hydrogens is 379 g/mol. The number of carbonyl (C=O) groups is 3. The first-order valence-electron chi connectivity index (χ1n) is 8.86. The van der Waals surface area contributed by atoms with Crippen LogP contribution in [-0.4, -0.2) is 58.5 Å². The zero-order chi connectivity index (χ0) is 20.5. The molecule has 2 N–H and O–H groups in total. The van der Waals surface area contributed by atoms with Gasteiger partial charge in [0.05, 0.1) is 17.5 Å². The van der Waals surface area contributed by atoms with Gasteiger partial charge in [-0.1, -0.05) is 18.2 Å². The van der Waals surface area contributed by atoms with Gasteiger partial charge in [-0.3, -0.25) is 9.59 Å². The minimum atomic E-state index is -4.51. The molecule has 0 spiro atoms. The molecule has 0 aromatic heterocycles.